The molecule has 0 amide bonds. The molecule has 0 unspecified atom stereocenters. The van der Waals surface area contributed by atoms with Crippen LogP contribution >= 0.6 is 11.6 Å². The summed E-state index contributed by atoms with van der Waals surface area (Å²) in [5.41, 5.74) is 2.97. The Labute approximate surface area is 194 Å². The summed E-state index contributed by atoms with van der Waals surface area (Å²) in [5.74, 6) is 0.787. The lowest BCUT2D eigenvalue weighted by atomic mass is 10.1. The Bertz CT molecular complexity index is 757. The van der Waals surface area contributed by atoms with Gasteiger partial charge in [-0.2, -0.15) is 10.2 Å². The number of unbranched alkanes of at least 4 members (excludes halogenated alkanes) is 2. The number of H-pyrrole nitrogens is 1. The number of hydrogen-bond acceptors (Lipinski definition) is 5. The van der Waals surface area contributed by atoms with Gasteiger partial charge in [0.25, 0.3) is 0 Å². The third-order valence-corrected chi connectivity index (χ3v) is 4.86. The van der Waals surface area contributed by atoms with Crippen LogP contribution in [0.3, 0.4) is 0 Å². The quantitative estimate of drug-likeness (QED) is 0.279. The first-order valence-corrected chi connectivity index (χ1v) is 11.3. The molecule has 172 valence electrons. The van der Waals surface area contributed by atoms with E-state index in [2.05, 4.69) is 46.0 Å². The molecule has 0 aliphatic carbocycles. The number of aliphatic imine (C=N–C) groups is 1. The van der Waals surface area contributed by atoms with Crippen LogP contribution in [0.5, 0.6) is 0 Å². The lowest BCUT2D eigenvalue weighted by molar-refractivity contribution is 0.466. The summed E-state index contributed by atoms with van der Waals surface area (Å²) in [6.45, 7) is 16.0. The number of imidazole rings is 1. The summed E-state index contributed by atoms with van der Waals surface area (Å²) in [7, 11) is 3.84. The fourth-order valence-electron chi connectivity index (χ4n) is 2.86. The molecule has 1 N–H and O–H groups in total. The van der Waals surface area contributed by atoms with Gasteiger partial charge >= 0.3 is 0 Å². The first-order chi connectivity index (χ1) is 14.9. The van der Waals surface area contributed by atoms with Gasteiger partial charge in [0.2, 0.25) is 5.28 Å². The Balaban J connectivity index is 0.00000206. The molecular formula is C24H39ClN6. The van der Waals surface area contributed by atoms with Gasteiger partial charge in [0, 0.05) is 39.8 Å². The second kappa shape index (κ2) is 17.2. The predicted molar refractivity (Wildman–Crippen MR) is 136 cm³/mol. The Kier molecular flexibility index (Phi) is 15.8. The number of nitrogens with one attached hydrogen (secondary N) is 1. The molecule has 0 aliphatic heterocycles. The van der Waals surface area contributed by atoms with Crippen LogP contribution in [0.2, 0.25) is 5.28 Å². The SMILES string of the molecule is C=CN(CCCCC)c1nc(Cl)[nH]c1C(=C)N(C)CCC/C(C=NC)=C/C.CCC#N. The van der Waals surface area contributed by atoms with Crippen molar-refractivity contribution in [2.45, 2.75) is 59.3 Å². The summed E-state index contributed by atoms with van der Waals surface area (Å²) in [6.07, 6.45) is 11.9. The predicted octanol–water partition coefficient (Wildman–Crippen LogP) is 6.45. The van der Waals surface area contributed by atoms with Crippen molar-refractivity contribution in [1.82, 2.24) is 14.9 Å². The maximum absolute atomic E-state index is 7.62. The Morgan fingerprint density at radius 3 is 2.48 bits per heavy atom. The average Bonchev–Trinajstić information content (AvgIpc) is 3.16. The molecule has 6 nitrogen and oxygen atoms in total. The molecular weight excluding hydrogens is 408 g/mol. The molecule has 0 spiro atoms. The van der Waals surface area contributed by atoms with E-state index in [0.717, 1.165) is 49.6 Å². The fourth-order valence-corrected chi connectivity index (χ4v) is 3.03. The van der Waals surface area contributed by atoms with Crippen LogP contribution in [0.4, 0.5) is 5.82 Å². The van der Waals surface area contributed by atoms with Gasteiger partial charge in [-0.3, -0.25) is 4.99 Å². The molecule has 0 radical (unpaired) electrons. The Morgan fingerprint density at radius 2 is 1.97 bits per heavy atom. The topological polar surface area (TPSA) is 71.3 Å². The zero-order valence-electron chi connectivity index (χ0n) is 19.9. The van der Waals surface area contributed by atoms with Gasteiger partial charge in [-0.1, -0.05) is 45.9 Å². The van der Waals surface area contributed by atoms with E-state index in [1.165, 1.54) is 18.4 Å². The summed E-state index contributed by atoms with van der Waals surface area (Å²) in [5, 5.41) is 7.99. The van der Waals surface area contributed by atoms with Crippen molar-refractivity contribution >= 4 is 29.3 Å². The third-order valence-electron chi connectivity index (χ3n) is 4.68. The zero-order valence-corrected chi connectivity index (χ0v) is 20.7. The molecule has 0 aromatic carbocycles. The summed E-state index contributed by atoms with van der Waals surface area (Å²) in [6, 6.07) is 1.93. The number of allylic oxidation sites excluding steroid dienone is 2. The van der Waals surface area contributed by atoms with Crippen molar-refractivity contribution in [3.63, 3.8) is 0 Å². The Morgan fingerprint density at radius 1 is 1.29 bits per heavy atom. The van der Waals surface area contributed by atoms with Gasteiger partial charge in [0.1, 0.15) is 5.69 Å². The second-order valence-corrected chi connectivity index (χ2v) is 7.40. The highest BCUT2D eigenvalue weighted by Crippen LogP contribution is 2.28. The van der Waals surface area contributed by atoms with E-state index in [-0.39, 0.29) is 0 Å². The normalized spacial score (nSPS) is 10.9. The van der Waals surface area contributed by atoms with Crippen molar-refractivity contribution in [1.29, 1.82) is 5.26 Å². The summed E-state index contributed by atoms with van der Waals surface area (Å²) < 4.78 is 0. The van der Waals surface area contributed by atoms with Gasteiger partial charge in [0.05, 0.1) is 11.8 Å². The van der Waals surface area contributed by atoms with Crippen LogP contribution in [0, 0.1) is 11.3 Å². The summed E-state index contributed by atoms with van der Waals surface area (Å²) >= 11 is 6.17. The monoisotopic (exact) mass is 446 g/mol. The second-order valence-electron chi connectivity index (χ2n) is 7.04. The number of anilines is 1. The van der Waals surface area contributed by atoms with E-state index in [4.69, 9.17) is 16.9 Å². The van der Waals surface area contributed by atoms with Gasteiger partial charge in [-0.15, -0.1) is 0 Å². The third kappa shape index (κ3) is 10.9. The molecule has 1 aromatic rings. The number of halogens is 1. The van der Waals surface area contributed by atoms with Crippen molar-refractivity contribution in [2.24, 2.45) is 4.99 Å². The van der Waals surface area contributed by atoms with Gasteiger partial charge < -0.3 is 14.8 Å². The smallest absolute Gasteiger partial charge is 0.202 e. The number of hydrogen-bond donors (Lipinski definition) is 1. The van der Waals surface area contributed by atoms with Crippen LogP contribution in [-0.4, -0.2) is 48.3 Å². The highest BCUT2D eigenvalue weighted by Gasteiger charge is 2.19. The first kappa shape index (κ1) is 28.5. The maximum atomic E-state index is 7.62. The van der Waals surface area contributed by atoms with E-state index in [0.29, 0.717) is 11.7 Å². The molecule has 0 atom stereocenters. The summed E-state index contributed by atoms with van der Waals surface area (Å²) in [4.78, 5) is 15.9. The minimum Gasteiger partial charge on any atom is -0.373 e. The minimum atomic E-state index is 0.368. The standard InChI is InChI=1S/C21H34ClN5.C3H5N/c1-7-10-11-15-27(9-3)20-19(24-21(22)25-20)17(4)26(6)14-12-13-18(8-2)16-23-5;1-2-3-4/h8-9,16H,3-4,7,10-15H2,1-2,5-6H3,(H,24,25);2H2,1H3/b18-8-,23-16?;. The lowest BCUT2D eigenvalue weighted by Crippen LogP contribution is -2.22. The number of nitrogens with zero attached hydrogens (tertiary/aromatic N) is 5. The molecule has 7 heteroatoms. The molecule has 0 saturated carbocycles. The van der Waals surface area contributed by atoms with Gasteiger partial charge in [0.15, 0.2) is 5.82 Å². The van der Waals surface area contributed by atoms with E-state index < -0.39 is 0 Å². The van der Waals surface area contributed by atoms with Crippen LogP contribution < -0.4 is 4.90 Å². The number of aromatic amines is 1. The molecule has 1 rings (SSSR count). The average molecular weight is 447 g/mol. The van der Waals surface area contributed by atoms with Crippen molar-refractivity contribution in [3.05, 3.63) is 42.0 Å². The van der Waals surface area contributed by atoms with Crippen LogP contribution in [-0.2, 0) is 0 Å². The minimum absolute atomic E-state index is 0.368. The van der Waals surface area contributed by atoms with Gasteiger partial charge in [-0.05, 0) is 49.6 Å². The van der Waals surface area contributed by atoms with E-state index in [1.807, 2.05) is 38.1 Å². The molecule has 1 aromatic heterocycles. The number of aromatic nitrogens is 2. The van der Waals surface area contributed by atoms with E-state index in [1.54, 1.807) is 13.2 Å². The number of nitriles is 1. The van der Waals surface area contributed by atoms with E-state index in [9.17, 15) is 0 Å². The van der Waals surface area contributed by atoms with Crippen molar-refractivity contribution in [2.75, 3.05) is 32.1 Å². The molecule has 0 saturated heterocycles. The first-order valence-electron chi connectivity index (χ1n) is 10.9. The number of rotatable bonds is 13. The molecule has 0 bridgehead atoms. The zero-order chi connectivity index (χ0) is 23.6. The lowest BCUT2D eigenvalue weighted by Gasteiger charge is -2.24. The molecule has 31 heavy (non-hydrogen) atoms. The molecule has 0 aliphatic rings. The fraction of sp³-hybridized carbons (Fsp3) is 0.542. The largest absolute Gasteiger partial charge is 0.373 e. The molecule has 0 fully saturated rings. The van der Waals surface area contributed by atoms with Gasteiger partial charge in [-0.25, -0.2) is 0 Å². The van der Waals surface area contributed by atoms with Crippen molar-refractivity contribution < 1.29 is 0 Å². The Hall–Kier alpha value is -2.52. The van der Waals surface area contributed by atoms with Crippen LogP contribution in [0.1, 0.15) is 65.0 Å². The van der Waals surface area contributed by atoms with Crippen LogP contribution in [0.15, 0.2) is 36.0 Å². The van der Waals surface area contributed by atoms with Crippen molar-refractivity contribution in [3.8, 4) is 6.07 Å². The highest BCUT2D eigenvalue weighted by molar-refractivity contribution is 6.28. The van der Waals surface area contributed by atoms with Crippen LogP contribution in [0.25, 0.3) is 5.70 Å². The maximum Gasteiger partial charge on any atom is 0.202 e. The molecule has 1 heterocycles. The van der Waals surface area contributed by atoms with E-state index >= 15 is 0 Å². The highest BCUT2D eigenvalue weighted by atomic mass is 35.5.